The van der Waals surface area contributed by atoms with Crippen molar-refractivity contribution < 1.29 is 18.3 Å². The molecule has 0 bridgehead atoms. The number of nitrogens with two attached hydrogens (primary N) is 1. The Labute approximate surface area is 256 Å². The van der Waals surface area contributed by atoms with E-state index < -0.39 is 12.0 Å². The van der Waals surface area contributed by atoms with Gasteiger partial charge in [0.1, 0.15) is 34.4 Å². The first-order chi connectivity index (χ1) is 21.4. The summed E-state index contributed by atoms with van der Waals surface area (Å²) in [5.74, 6) is 0.379. The summed E-state index contributed by atoms with van der Waals surface area (Å²) >= 11 is 0. The molecule has 3 aliphatic heterocycles. The van der Waals surface area contributed by atoms with Crippen LogP contribution in [0.5, 0.6) is 11.9 Å². The number of anilines is 2. The number of ether oxygens (including phenoxy) is 2. The molecule has 0 spiro atoms. The van der Waals surface area contributed by atoms with Crippen molar-refractivity contribution in [3.05, 3.63) is 36.1 Å². The lowest BCUT2D eigenvalue weighted by Crippen LogP contribution is -2.26. The molecule has 2 fully saturated rings. The maximum Gasteiger partial charge on any atom is 0.318 e. The van der Waals surface area contributed by atoms with E-state index in [9.17, 15) is 4.39 Å². The molecule has 7 rings (SSSR count). The Morgan fingerprint density at radius 2 is 1.86 bits per heavy atom. The fraction of sp³-hybridized carbons (Fsp3) is 0.500. The fourth-order valence-corrected chi connectivity index (χ4v) is 5.93. The van der Waals surface area contributed by atoms with E-state index in [1.54, 1.807) is 12.1 Å². The number of alkyl halides is 1. The topological polar surface area (TPSA) is 123 Å². The van der Waals surface area contributed by atoms with E-state index in [0.717, 1.165) is 31.3 Å². The summed E-state index contributed by atoms with van der Waals surface area (Å²) in [6.07, 6.45) is 3.41. The first kappa shape index (κ1) is 31.5. The average Bonchev–Trinajstić information content (AvgIpc) is 3.61. The summed E-state index contributed by atoms with van der Waals surface area (Å²) in [6, 6.07) is 9.68. The van der Waals surface area contributed by atoms with Crippen LogP contribution in [0.1, 0.15) is 46.5 Å². The van der Waals surface area contributed by atoms with E-state index in [-0.39, 0.29) is 29.2 Å². The van der Waals surface area contributed by atoms with Crippen LogP contribution < -0.4 is 25.8 Å². The van der Waals surface area contributed by atoms with Crippen LogP contribution in [0.15, 0.2) is 30.3 Å². The number of rotatable bonds is 2. The highest BCUT2D eigenvalue weighted by Crippen LogP contribution is 2.39. The third kappa shape index (κ3) is 6.76. The quantitative estimate of drug-likeness (QED) is 0.274. The molecule has 2 saturated heterocycles. The second kappa shape index (κ2) is 14.3. The third-order valence-corrected chi connectivity index (χ3v) is 8.01. The van der Waals surface area contributed by atoms with Crippen molar-refractivity contribution in [2.45, 2.75) is 64.8 Å². The summed E-state index contributed by atoms with van der Waals surface area (Å²) in [5, 5.41) is 7.76. The minimum Gasteiger partial charge on any atom is -0.474 e. The summed E-state index contributed by atoms with van der Waals surface area (Å²) in [6.45, 7) is 9.88. The van der Waals surface area contributed by atoms with E-state index >= 15 is 4.39 Å². The summed E-state index contributed by atoms with van der Waals surface area (Å²) in [4.78, 5) is 20.1. The van der Waals surface area contributed by atoms with Gasteiger partial charge in [0.05, 0.1) is 18.7 Å². The number of nitrogens with zero attached hydrogens (tertiary/aromatic N) is 5. The number of hydrogen-bond donors (Lipinski definition) is 3. The highest BCUT2D eigenvalue weighted by Gasteiger charge is 2.34. The van der Waals surface area contributed by atoms with Gasteiger partial charge < -0.3 is 25.8 Å². The number of halogens is 2. The molecular formula is C32H42F2N8O2. The normalized spacial score (nSPS) is 21.5. The van der Waals surface area contributed by atoms with Crippen LogP contribution in [-0.2, 0) is 0 Å². The highest BCUT2D eigenvalue weighted by molar-refractivity contribution is 5.99. The van der Waals surface area contributed by atoms with Crippen LogP contribution in [0.25, 0.3) is 33.1 Å². The monoisotopic (exact) mass is 608 g/mol. The Kier molecular flexibility index (Phi) is 10.2. The summed E-state index contributed by atoms with van der Waals surface area (Å²) in [7, 11) is 1.44. The number of nitrogens with one attached hydrogen (secondary N) is 2. The van der Waals surface area contributed by atoms with Crippen LogP contribution in [-0.4, -0.2) is 83.0 Å². The molecule has 0 radical (unpaired) electrons. The van der Waals surface area contributed by atoms with Gasteiger partial charge in [-0.2, -0.15) is 9.97 Å². The Balaban J connectivity index is 0.000000294. The lowest BCUT2D eigenvalue weighted by Gasteiger charge is -2.18. The van der Waals surface area contributed by atoms with Gasteiger partial charge >= 0.3 is 6.01 Å². The fourth-order valence-electron chi connectivity index (χ4n) is 5.93. The minimum atomic E-state index is -0.613. The molecule has 0 saturated carbocycles. The Hall–Kier alpha value is -3.90. The largest absolute Gasteiger partial charge is 0.474 e. The second-order valence-electron chi connectivity index (χ2n) is 11.0. The van der Waals surface area contributed by atoms with Crippen molar-refractivity contribution in [1.82, 2.24) is 30.2 Å². The van der Waals surface area contributed by atoms with Gasteiger partial charge in [-0.15, -0.1) is 0 Å². The Morgan fingerprint density at radius 3 is 2.66 bits per heavy atom. The van der Waals surface area contributed by atoms with Gasteiger partial charge in [-0.05, 0) is 57.8 Å². The van der Waals surface area contributed by atoms with Crippen LogP contribution >= 0.6 is 0 Å². The van der Waals surface area contributed by atoms with Gasteiger partial charge in [0.25, 0.3) is 0 Å². The molecule has 4 N–H and O–H groups in total. The van der Waals surface area contributed by atoms with Gasteiger partial charge in [-0.3, -0.25) is 4.90 Å². The second-order valence-corrected chi connectivity index (χ2v) is 11.0. The predicted octanol–water partition coefficient (Wildman–Crippen LogP) is 5.36. The first-order valence-corrected chi connectivity index (χ1v) is 15.5. The molecule has 3 aromatic heterocycles. The molecule has 12 heteroatoms. The minimum absolute atomic E-state index is 0.0446. The third-order valence-electron chi connectivity index (χ3n) is 8.01. The number of fused-ring (bicyclic) bond motifs is 2. The Morgan fingerprint density at radius 1 is 1.02 bits per heavy atom. The number of para-hydroxylation sites is 1. The van der Waals surface area contributed by atoms with Gasteiger partial charge in [0.2, 0.25) is 5.88 Å². The molecule has 0 amide bonds. The average molecular weight is 609 g/mol. The van der Waals surface area contributed by atoms with Crippen LogP contribution in [0.4, 0.5) is 20.4 Å². The number of nitrogen functional groups attached to an aromatic ring is 1. The van der Waals surface area contributed by atoms with Crippen molar-refractivity contribution in [3.63, 3.8) is 0 Å². The lowest BCUT2D eigenvalue weighted by atomic mass is 10.0. The van der Waals surface area contributed by atoms with Crippen molar-refractivity contribution in [1.29, 1.82) is 0 Å². The molecular weight excluding hydrogens is 566 g/mol. The molecule has 44 heavy (non-hydrogen) atoms. The lowest BCUT2D eigenvalue weighted by molar-refractivity contribution is 0.205. The van der Waals surface area contributed by atoms with Crippen molar-refractivity contribution in [2.24, 2.45) is 0 Å². The first-order valence-electron chi connectivity index (χ1n) is 15.5. The molecule has 1 aromatic carbocycles. The predicted molar refractivity (Wildman–Crippen MR) is 171 cm³/mol. The van der Waals surface area contributed by atoms with E-state index in [0.29, 0.717) is 53.8 Å². The number of methoxy groups -OCH3 is 1. The van der Waals surface area contributed by atoms with Crippen LogP contribution in [0.2, 0.25) is 0 Å². The van der Waals surface area contributed by atoms with E-state index in [1.807, 2.05) is 39.0 Å². The van der Waals surface area contributed by atoms with Gasteiger partial charge in [-0.25, -0.2) is 18.7 Å². The molecule has 3 atom stereocenters. The highest BCUT2D eigenvalue weighted by atomic mass is 19.1. The molecule has 3 unspecified atom stereocenters. The molecule has 10 nitrogen and oxygen atoms in total. The van der Waals surface area contributed by atoms with E-state index in [2.05, 4.69) is 35.5 Å². The van der Waals surface area contributed by atoms with Crippen molar-refractivity contribution in [2.75, 3.05) is 50.9 Å². The van der Waals surface area contributed by atoms with Crippen molar-refractivity contribution >= 4 is 33.4 Å². The van der Waals surface area contributed by atoms with Crippen LogP contribution in [0, 0.1) is 5.82 Å². The molecule has 0 aliphatic carbocycles. The smallest absolute Gasteiger partial charge is 0.318 e. The van der Waals surface area contributed by atoms with Crippen molar-refractivity contribution in [3.8, 4) is 23.1 Å². The SMILES string of the molecule is CC.COc1nc2c3c(nc(-c4cccc5ccc(N)nc45)c(F)c3n1)OC(C)CCNCCN2.FC1CC2CCCN2C1. The van der Waals surface area contributed by atoms with E-state index in [1.165, 1.54) is 20.0 Å². The summed E-state index contributed by atoms with van der Waals surface area (Å²) < 4.78 is 40.1. The van der Waals surface area contributed by atoms with Gasteiger partial charge in [0.15, 0.2) is 5.82 Å². The zero-order valence-electron chi connectivity index (χ0n) is 25.9. The number of pyridine rings is 2. The number of aromatic nitrogens is 4. The van der Waals surface area contributed by atoms with E-state index in [4.69, 9.17) is 15.2 Å². The number of benzene rings is 1. The van der Waals surface area contributed by atoms with Gasteiger partial charge in [0, 0.05) is 36.6 Å². The standard InChI is InChI=1S/C23H24FN7O2.C7H12FN.C2H6/c1-12-8-9-26-10-11-27-21-16-20(30-23(31-21)32-2)17(24)19(29-22(16)33-12)14-5-3-4-13-6-7-15(25)28-18(13)14;8-6-4-7-2-1-3-9(7)5-6;1-2/h3-7,12,26H,8-11H2,1-2H3,(H2,25,28)(H,27,30,31);6-7H,1-5H2;1-2H3. The molecule has 3 aliphatic rings. The molecule has 236 valence electrons. The Bertz CT molecular complexity index is 1580. The molecule has 4 aromatic rings. The molecule has 6 heterocycles. The zero-order chi connectivity index (χ0) is 31.2. The maximum absolute atomic E-state index is 16.1. The summed E-state index contributed by atoms with van der Waals surface area (Å²) in [5.41, 5.74) is 7.10. The zero-order valence-corrected chi connectivity index (χ0v) is 25.9. The van der Waals surface area contributed by atoms with Crippen LogP contribution in [0.3, 0.4) is 0 Å². The maximum atomic E-state index is 16.1. The van der Waals surface area contributed by atoms with Gasteiger partial charge in [-0.1, -0.05) is 32.0 Å². The number of hydrogen-bond acceptors (Lipinski definition) is 10.